The van der Waals surface area contributed by atoms with E-state index in [0.717, 1.165) is 12.5 Å². The van der Waals surface area contributed by atoms with Crippen LogP contribution < -0.4 is 5.32 Å². The third-order valence-electron chi connectivity index (χ3n) is 2.66. The summed E-state index contributed by atoms with van der Waals surface area (Å²) in [4.78, 5) is 0. The molecule has 0 saturated carbocycles. The van der Waals surface area contributed by atoms with Gasteiger partial charge in [0, 0.05) is 12.2 Å². The maximum Gasteiger partial charge on any atom is 0.0372 e. The lowest BCUT2D eigenvalue weighted by Gasteiger charge is -2.25. The van der Waals surface area contributed by atoms with E-state index in [1.807, 2.05) is 11.8 Å². The first-order chi connectivity index (χ1) is 6.90. The van der Waals surface area contributed by atoms with Gasteiger partial charge >= 0.3 is 0 Å². The van der Waals surface area contributed by atoms with Crippen molar-refractivity contribution >= 4 is 17.4 Å². The molecule has 0 amide bonds. The molecule has 76 valence electrons. The maximum absolute atomic E-state index is 3.51. The van der Waals surface area contributed by atoms with Crippen LogP contribution in [0.1, 0.15) is 12.5 Å². The first-order valence-corrected chi connectivity index (χ1v) is 6.45. The summed E-state index contributed by atoms with van der Waals surface area (Å²) >= 11 is 2.05. The van der Waals surface area contributed by atoms with Crippen LogP contribution >= 0.6 is 11.8 Å². The average Bonchev–Trinajstić information content (AvgIpc) is 2.26. The zero-order chi connectivity index (χ0) is 9.80. The number of para-hydroxylation sites is 1. The minimum atomic E-state index is 0.815. The van der Waals surface area contributed by atoms with Gasteiger partial charge in [0.1, 0.15) is 0 Å². The molecule has 0 aromatic heterocycles. The van der Waals surface area contributed by atoms with E-state index in [1.54, 1.807) is 0 Å². The van der Waals surface area contributed by atoms with Crippen molar-refractivity contribution < 1.29 is 0 Å². The molecule has 1 atom stereocenters. The second-order valence-corrected chi connectivity index (χ2v) is 5.09. The van der Waals surface area contributed by atoms with Crippen molar-refractivity contribution in [2.24, 2.45) is 5.92 Å². The average molecular weight is 207 g/mol. The molecule has 2 rings (SSSR count). The second kappa shape index (κ2) is 4.74. The summed E-state index contributed by atoms with van der Waals surface area (Å²) in [5.41, 5.74) is 2.82. The SMILES string of the molecule is CCSCC1CNc2ccccc2C1. The molecule has 1 aliphatic rings. The van der Waals surface area contributed by atoms with E-state index < -0.39 is 0 Å². The van der Waals surface area contributed by atoms with E-state index in [4.69, 9.17) is 0 Å². The third kappa shape index (κ3) is 2.24. The minimum Gasteiger partial charge on any atom is -0.385 e. The predicted octanol–water partition coefficient (Wildman–Crippen LogP) is 3.02. The van der Waals surface area contributed by atoms with E-state index in [-0.39, 0.29) is 0 Å². The van der Waals surface area contributed by atoms with Crippen molar-refractivity contribution in [1.82, 2.24) is 0 Å². The van der Waals surface area contributed by atoms with Gasteiger partial charge in [-0.2, -0.15) is 11.8 Å². The predicted molar refractivity (Wildman–Crippen MR) is 65.1 cm³/mol. The molecule has 0 bridgehead atoms. The Hall–Kier alpha value is -0.630. The summed E-state index contributed by atoms with van der Waals surface area (Å²) < 4.78 is 0. The number of nitrogens with one attached hydrogen (secondary N) is 1. The number of rotatable bonds is 3. The normalized spacial score (nSPS) is 19.9. The van der Waals surface area contributed by atoms with Crippen molar-refractivity contribution in [2.75, 3.05) is 23.4 Å². The van der Waals surface area contributed by atoms with Gasteiger partial charge in [0.15, 0.2) is 0 Å². The summed E-state index contributed by atoms with van der Waals surface area (Å²) in [6.07, 6.45) is 1.25. The van der Waals surface area contributed by atoms with Crippen molar-refractivity contribution in [1.29, 1.82) is 0 Å². The Bertz CT molecular complexity index is 298. The Morgan fingerprint density at radius 2 is 2.29 bits per heavy atom. The molecule has 0 spiro atoms. The summed E-state index contributed by atoms with van der Waals surface area (Å²) in [7, 11) is 0. The number of thioether (sulfide) groups is 1. The van der Waals surface area contributed by atoms with E-state index in [9.17, 15) is 0 Å². The van der Waals surface area contributed by atoms with Gasteiger partial charge in [-0.1, -0.05) is 25.1 Å². The lowest BCUT2D eigenvalue weighted by Crippen LogP contribution is -2.24. The monoisotopic (exact) mass is 207 g/mol. The fourth-order valence-electron chi connectivity index (χ4n) is 1.91. The van der Waals surface area contributed by atoms with Gasteiger partial charge in [-0.25, -0.2) is 0 Å². The van der Waals surface area contributed by atoms with Crippen LogP contribution in [-0.2, 0) is 6.42 Å². The highest BCUT2D eigenvalue weighted by atomic mass is 32.2. The lowest BCUT2D eigenvalue weighted by molar-refractivity contribution is 0.605. The van der Waals surface area contributed by atoms with Gasteiger partial charge in [-0.3, -0.25) is 0 Å². The Kier molecular flexibility index (Phi) is 3.35. The van der Waals surface area contributed by atoms with Gasteiger partial charge in [0.25, 0.3) is 0 Å². The molecule has 1 aromatic rings. The van der Waals surface area contributed by atoms with Crippen LogP contribution in [0, 0.1) is 5.92 Å². The molecule has 1 heterocycles. The number of fused-ring (bicyclic) bond motifs is 1. The van der Waals surface area contributed by atoms with Crippen LogP contribution in [0.15, 0.2) is 24.3 Å². The standard InChI is InChI=1S/C12H17NS/c1-2-14-9-10-7-11-5-3-4-6-12(11)13-8-10/h3-6,10,13H,2,7-9H2,1H3. The molecule has 1 nitrogen and oxygen atoms in total. The van der Waals surface area contributed by atoms with Crippen LogP contribution in [0.3, 0.4) is 0 Å². The molecule has 1 aromatic carbocycles. The first-order valence-electron chi connectivity index (χ1n) is 5.29. The maximum atomic E-state index is 3.51. The molecule has 1 aliphatic heterocycles. The van der Waals surface area contributed by atoms with E-state index >= 15 is 0 Å². The van der Waals surface area contributed by atoms with Crippen molar-refractivity contribution in [2.45, 2.75) is 13.3 Å². The molecule has 0 saturated heterocycles. The molecular weight excluding hydrogens is 190 g/mol. The number of anilines is 1. The summed E-state index contributed by atoms with van der Waals surface area (Å²) in [6, 6.07) is 8.66. The lowest BCUT2D eigenvalue weighted by atomic mass is 9.95. The van der Waals surface area contributed by atoms with Gasteiger partial charge in [-0.05, 0) is 35.5 Å². The van der Waals surface area contributed by atoms with Crippen molar-refractivity contribution in [3.8, 4) is 0 Å². The smallest absolute Gasteiger partial charge is 0.0372 e. The van der Waals surface area contributed by atoms with E-state index in [1.165, 1.54) is 29.2 Å². The van der Waals surface area contributed by atoms with Crippen LogP contribution in [-0.4, -0.2) is 18.1 Å². The molecule has 1 unspecified atom stereocenters. The Balaban J connectivity index is 1.99. The molecule has 2 heteroatoms. The van der Waals surface area contributed by atoms with Crippen LogP contribution in [0.5, 0.6) is 0 Å². The molecule has 0 fully saturated rings. The zero-order valence-corrected chi connectivity index (χ0v) is 9.44. The quantitative estimate of drug-likeness (QED) is 0.817. The van der Waals surface area contributed by atoms with Crippen molar-refractivity contribution in [3.05, 3.63) is 29.8 Å². The summed E-state index contributed by atoms with van der Waals surface area (Å²) in [5.74, 6) is 3.34. The van der Waals surface area contributed by atoms with E-state index in [2.05, 4.69) is 36.5 Å². The molecule has 1 N–H and O–H groups in total. The summed E-state index contributed by atoms with van der Waals surface area (Å²) in [5, 5.41) is 3.51. The molecule has 0 radical (unpaired) electrons. The van der Waals surface area contributed by atoms with Gasteiger partial charge in [0.05, 0.1) is 0 Å². The van der Waals surface area contributed by atoms with E-state index in [0.29, 0.717) is 0 Å². The van der Waals surface area contributed by atoms with Gasteiger partial charge in [-0.15, -0.1) is 0 Å². The Morgan fingerprint density at radius 3 is 3.14 bits per heavy atom. The zero-order valence-electron chi connectivity index (χ0n) is 8.62. The Morgan fingerprint density at radius 1 is 1.43 bits per heavy atom. The fourth-order valence-corrected chi connectivity index (χ4v) is 2.72. The fraction of sp³-hybridized carbons (Fsp3) is 0.500. The number of hydrogen-bond acceptors (Lipinski definition) is 2. The largest absolute Gasteiger partial charge is 0.385 e. The van der Waals surface area contributed by atoms with Gasteiger partial charge < -0.3 is 5.32 Å². The van der Waals surface area contributed by atoms with Gasteiger partial charge in [0.2, 0.25) is 0 Å². The summed E-state index contributed by atoms with van der Waals surface area (Å²) in [6.45, 7) is 3.37. The topological polar surface area (TPSA) is 12.0 Å². The number of benzene rings is 1. The van der Waals surface area contributed by atoms with Crippen LogP contribution in [0.4, 0.5) is 5.69 Å². The highest BCUT2D eigenvalue weighted by Crippen LogP contribution is 2.25. The molecule has 0 aliphatic carbocycles. The third-order valence-corrected chi connectivity index (χ3v) is 3.78. The van der Waals surface area contributed by atoms with Crippen LogP contribution in [0.2, 0.25) is 0 Å². The molecular formula is C12H17NS. The van der Waals surface area contributed by atoms with Crippen molar-refractivity contribution in [3.63, 3.8) is 0 Å². The second-order valence-electron chi connectivity index (χ2n) is 3.77. The molecule has 14 heavy (non-hydrogen) atoms. The number of hydrogen-bond donors (Lipinski definition) is 1. The first kappa shape index (κ1) is 9.91. The Labute approximate surface area is 90.3 Å². The minimum absolute atomic E-state index is 0.815. The highest BCUT2D eigenvalue weighted by molar-refractivity contribution is 7.99. The highest BCUT2D eigenvalue weighted by Gasteiger charge is 2.16. The van der Waals surface area contributed by atoms with Crippen LogP contribution in [0.25, 0.3) is 0 Å².